The van der Waals surface area contributed by atoms with Gasteiger partial charge in [0.25, 0.3) is 0 Å². The van der Waals surface area contributed by atoms with E-state index in [4.69, 9.17) is 0 Å². The van der Waals surface area contributed by atoms with Crippen molar-refractivity contribution < 1.29 is 0 Å². The van der Waals surface area contributed by atoms with Gasteiger partial charge in [0.05, 0.1) is 0 Å². The molecule has 0 spiro atoms. The van der Waals surface area contributed by atoms with Crippen molar-refractivity contribution in [3.05, 3.63) is 22.4 Å². The van der Waals surface area contributed by atoms with Gasteiger partial charge in [0.1, 0.15) is 0 Å². The molecule has 1 atom stereocenters. The Labute approximate surface area is 129 Å². The largest absolute Gasteiger partial charge is 0.313 e. The Kier molecular flexibility index (Phi) is 9.16. The highest BCUT2D eigenvalue weighted by Crippen LogP contribution is 2.13. The van der Waals surface area contributed by atoms with E-state index >= 15 is 0 Å². The van der Waals surface area contributed by atoms with Crippen LogP contribution in [0.1, 0.15) is 58.3 Å². The van der Waals surface area contributed by atoms with Crippen LogP contribution in [0.5, 0.6) is 0 Å². The third kappa shape index (κ3) is 7.41. The number of unbranched alkanes of at least 4 members (excludes halogenated alkanes) is 2. The van der Waals surface area contributed by atoms with Crippen molar-refractivity contribution in [3.63, 3.8) is 0 Å². The molecule has 0 aromatic carbocycles. The van der Waals surface area contributed by atoms with Gasteiger partial charge in [-0.05, 0) is 38.6 Å². The summed E-state index contributed by atoms with van der Waals surface area (Å²) in [5.41, 5.74) is 0. The molecule has 0 saturated carbocycles. The molecule has 1 heterocycles. The molecule has 0 aliphatic heterocycles. The van der Waals surface area contributed by atoms with Crippen molar-refractivity contribution in [3.8, 4) is 0 Å². The van der Waals surface area contributed by atoms with Crippen LogP contribution in [-0.4, -0.2) is 30.1 Å². The molecule has 0 fully saturated rings. The van der Waals surface area contributed by atoms with Gasteiger partial charge in [0.2, 0.25) is 0 Å². The minimum absolute atomic E-state index is 0.606. The molecule has 3 heteroatoms. The average molecular weight is 297 g/mol. The molecular formula is C17H32N2S. The first-order valence-electron chi connectivity index (χ1n) is 8.13. The van der Waals surface area contributed by atoms with Gasteiger partial charge in [-0.1, -0.05) is 32.3 Å². The van der Waals surface area contributed by atoms with Gasteiger partial charge in [0, 0.05) is 36.6 Å². The highest BCUT2D eigenvalue weighted by molar-refractivity contribution is 7.09. The first-order chi connectivity index (χ1) is 9.63. The van der Waals surface area contributed by atoms with Crippen LogP contribution in [0, 0.1) is 0 Å². The van der Waals surface area contributed by atoms with Crippen molar-refractivity contribution in [1.29, 1.82) is 0 Å². The van der Waals surface area contributed by atoms with Crippen molar-refractivity contribution in [2.24, 2.45) is 0 Å². The third-order valence-corrected chi connectivity index (χ3v) is 4.66. The smallest absolute Gasteiger partial charge is 0.0331 e. The average Bonchev–Trinajstić information content (AvgIpc) is 2.90. The maximum atomic E-state index is 3.67. The Balaban J connectivity index is 2.22. The van der Waals surface area contributed by atoms with E-state index in [0.717, 1.165) is 19.6 Å². The fraction of sp³-hybridized carbons (Fsp3) is 0.765. The lowest BCUT2D eigenvalue weighted by Gasteiger charge is -2.27. The zero-order valence-corrected chi connectivity index (χ0v) is 14.5. The Morgan fingerprint density at radius 2 is 2.05 bits per heavy atom. The Hall–Kier alpha value is -0.380. The van der Waals surface area contributed by atoms with Crippen LogP contribution in [0.2, 0.25) is 0 Å². The predicted octanol–water partition coefficient (Wildman–Crippen LogP) is 4.52. The summed E-state index contributed by atoms with van der Waals surface area (Å²) < 4.78 is 0. The molecule has 0 aliphatic carbocycles. The van der Waals surface area contributed by atoms with Crippen molar-refractivity contribution in [2.45, 2.75) is 72.0 Å². The number of nitrogens with one attached hydrogen (secondary N) is 1. The van der Waals surface area contributed by atoms with Crippen LogP contribution in [-0.2, 0) is 6.54 Å². The second kappa shape index (κ2) is 10.4. The molecule has 116 valence electrons. The van der Waals surface area contributed by atoms with Crippen molar-refractivity contribution in [1.82, 2.24) is 10.2 Å². The SMILES string of the molecule is CCCCCC(C)NCCN(Cc1cccs1)C(C)C. The molecule has 20 heavy (non-hydrogen) atoms. The zero-order valence-electron chi connectivity index (χ0n) is 13.7. The standard InChI is InChI=1S/C17H32N2S/c1-5-6-7-9-16(4)18-11-12-19(15(2)3)14-17-10-8-13-20-17/h8,10,13,15-16,18H,5-7,9,11-12,14H2,1-4H3. The number of rotatable bonds is 11. The monoisotopic (exact) mass is 296 g/mol. The quantitative estimate of drug-likeness (QED) is 0.604. The lowest BCUT2D eigenvalue weighted by Crippen LogP contribution is -2.38. The van der Waals surface area contributed by atoms with Crippen LogP contribution in [0.25, 0.3) is 0 Å². The molecule has 1 aromatic heterocycles. The fourth-order valence-corrected chi connectivity index (χ4v) is 3.11. The lowest BCUT2D eigenvalue weighted by atomic mass is 10.1. The molecule has 0 bridgehead atoms. The summed E-state index contributed by atoms with van der Waals surface area (Å²) in [5.74, 6) is 0. The van der Waals surface area contributed by atoms with Crippen LogP contribution < -0.4 is 5.32 Å². The van der Waals surface area contributed by atoms with Crippen LogP contribution >= 0.6 is 11.3 Å². The highest BCUT2D eigenvalue weighted by atomic mass is 32.1. The number of thiophene rings is 1. The van der Waals surface area contributed by atoms with E-state index in [1.165, 1.54) is 30.6 Å². The van der Waals surface area contributed by atoms with E-state index in [1.54, 1.807) is 0 Å². The minimum atomic E-state index is 0.606. The van der Waals surface area contributed by atoms with E-state index < -0.39 is 0 Å². The molecule has 1 unspecified atom stereocenters. The first-order valence-corrected chi connectivity index (χ1v) is 9.01. The molecule has 0 radical (unpaired) electrons. The van der Waals surface area contributed by atoms with Gasteiger partial charge >= 0.3 is 0 Å². The number of hydrogen-bond acceptors (Lipinski definition) is 3. The van der Waals surface area contributed by atoms with Gasteiger partial charge in [0.15, 0.2) is 0 Å². The van der Waals surface area contributed by atoms with Crippen LogP contribution in [0.4, 0.5) is 0 Å². The van der Waals surface area contributed by atoms with E-state index in [0.29, 0.717) is 12.1 Å². The normalized spacial score (nSPS) is 13.3. The second-order valence-corrected chi connectivity index (χ2v) is 7.03. The fourth-order valence-electron chi connectivity index (χ4n) is 2.38. The molecule has 1 rings (SSSR count). The molecule has 1 N–H and O–H groups in total. The maximum absolute atomic E-state index is 3.67. The van der Waals surface area contributed by atoms with Crippen LogP contribution in [0.15, 0.2) is 17.5 Å². The summed E-state index contributed by atoms with van der Waals surface area (Å²) in [5, 5.41) is 5.84. The predicted molar refractivity (Wildman–Crippen MR) is 91.5 cm³/mol. The summed E-state index contributed by atoms with van der Waals surface area (Å²) in [6.45, 7) is 12.5. The third-order valence-electron chi connectivity index (χ3n) is 3.80. The summed E-state index contributed by atoms with van der Waals surface area (Å²) in [7, 11) is 0. The zero-order chi connectivity index (χ0) is 14.8. The highest BCUT2D eigenvalue weighted by Gasteiger charge is 2.11. The van der Waals surface area contributed by atoms with Gasteiger partial charge in [-0.15, -0.1) is 11.3 Å². The van der Waals surface area contributed by atoms with E-state index in [9.17, 15) is 0 Å². The molecule has 2 nitrogen and oxygen atoms in total. The molecule has 1 aromatic rings. The van der Waals surface area contributed by atoms with E-state index in [2.05, 4.69) is 55.4 Å². The Morgan fingerprint density at radius 1 is 1.25 bits per heavy atom. The van der Waals surface area contributed by atoms with Gasteiger partial charge in [-0.3, -0.25) is 4.90 Å². The maximum Gasteiger partial charge on any atom is 0.0331 e. The molecule has 0 saturated heterocycles. The molecule has 0 aliphatic rings. The number of hydrogen-bond donors (Lipinski definition) is 1. The van der Waals surface area contributed by atoms with E-state index in [1.807, 2.05) is 11.3 Å². The Morgan fingerprint density at radius 3 is 2.65 bits per heavy atom. The van der Waals surface area contributed by atoms with Crippen molar-refractivity contribution in [2.75, 3.05) is 13.1 Å². The van der Waals surface area contributed by atoms with Gasteiger partial charge in [-0.2, -0.15) is 0 Å². The van der Waals surface area contributed by atoms with Gasteiger partial charge < -0.3 is 5.32 Å². The van der Waals surface area contributed by atoms with Crippen molar-refractivity contribution >= 4 is 11.3 Å². The summed E-state index contributed by atoms with van der Waals surface area (Å²) >= 11 is 1.86. The summed E-state index contributed by atoms with van der Waals surface area (Å²) in [6, 6.07) is 5.64. The molecule has 0 amide bonds. The molecular weight excluding hydrogens is 264 g/mol. The first kappa shape index (κ1) is 17.7. The van der Waals surface area contributed by atoms with Gasteiger partial charge in [-0.25, -0.2) is 0 Å². The summed E-state index contributed by atoms with van der Waals surface area (Å²) in [6.07, 6.45) is 5.34. The second-order valence-electron chi connectivity index (χ2n) is 5.99. The van der Waals surface area contributed by atoms with E-state index in [-0.39, 0.29) is 0 Å². The Bertz CT molecular complexity index is 322. The van der Waals surface area contributed by atoms with Crippen LogP contribution in [0.3, 0.4) is 0 Å². The lowest BCUT2D eigenvalue weighted by molar-refractivity contribution is 0.212. The topological polar surface area (TPSA) is 15.3 Å². The number of nitrogens with zero attached hydrogens (tertiary/aromatic N) is 1. The minimum Gasteiger partial charge on any atom is -0.313 e. The summed E-state index contributed by atoms with van der Waals surface area (Å²) in [4.78, 5) is 4.02.